The zero-order chi connectivity index (χ0) is 9.80. The van der Waals surface area contributed by atoms with E-state index >= 15 is 0 Å². The van der Waals surface area contributed by atoms with Crippen LogP contribution in [0, 0.1) is 5.92 Å². The van der Waals surface area contributed by atoms with Crippen LogP contribution in [0.25, 0.3) is 0 Å². The van der Waals surface area contributed by atoms with Gasteiger partial charge in [-0.25, -0.2) is 0 Å². The third kappa shape index (κ3) is 2.69. The Morgan fingerprint density at radius 2 is 1.86 bits per heavy atom. The minimum Gasteiger partial charge on any atom is -0.396 e. The van der Waals surface area contributed by atoms with Gasteiger partial charge in [0.15, 0.2) is 0 Å². The molecule has 0 bridgehead atoms. The number of hydrogen-bond acceptors (Lipinski definition) is 3. The van der Waals surface area contributed by atoms with Crippen LogP contribution in [0.2, 0.25) is 0 Å². The van der Waals surface area contributed by atoms with E-state index in [0.29, 0.717) is 24.7 Å². The van der Waals surface area contributed by atoms with Gasteiger partial charge >= 0.3 is 0 Å². The number of aliphatic hydroxyl groups excluding tert-OH is 1. The smallest absolute Gasteiger partial charge is 0.0834 e. The third-order valence-corrected chi connectivity index (χ3v) is 3.32. The molecule has 1 saturated heterocycles. The molecule has 3 heteroatoms. The minimum absolute atomic E-state index is 0.339. The largest absolute Gasteiger partial charge is 0.396 e. The lowest BCUT2D eigenvalue weighted by molar-refractivity contribution is -0.0414. The molecule has 2 aliphatic rings. The standard InChI is InChI=1S/C11H20O3/c12-7-9-1-3-10(4-2-9)14-11-5-6-13-8-11/h9-12H,1-8H2. The highest BCUT2D eigenvalue weighted by molar-refractivity contribution is 4.74. The maximum atomic E-state index is 9.00. The van der Waals surface area contributed by atoms with Crippen LogP contribution in [0.5, 0.6) is 0 Å². The highest BCUT2D eigenvalue weighted by Crippen LogP contribution is 2.27. The van der Waals surface area contributed by atoms with E-state index in [1.807, 2.05) is 0 Å². The molecule has 0 aromatic rings. The van der Waals surface area contributed by atoms with Gasteiger partial charge in [-0.1, -0.05) is 0 Å². The molecule has 1 atom stereocenters. The lowest BCUT2D eigenvalue weighted by atomic mass is 9.88. The molecule has 1 saturated carbocycles. The van der Waals surface area contributed by atoms with E-state index in [1.165, 1.54) is 0 Å². The summed E-state index contributed by atoms with van der Waals surface area (Å²) in [6.07, 6.45) is 6.28. The van der Waals surface area contributed by atoms with Gasteiger partial charge in [-0.2, -0.15) is 0 Å². The van der Waals surface area contributed by atoms with Gasteiger partial charge in [0.1, 0.15) is 0 Å². The topological polar surface area (TPSA) is 38.7 Å². The van der Waals surface area contributed by atoms with Gasteiger partial charge in [0.05, 0.1) is 18.8 Å². The fourth-order valence-corrected chi connectivity index (χ4v) is 2.34. The summed E-state index contributed by atoms with van der Waals surface area (Å²) >= 11 is 0. The summed E-state index contributed by atoms with van der Waals surface area (Å²) in [6.45, 7) is 1.98. The van der Waals surface area contributed by atoms with E-state index in [1.54, 1.807) is 0 Å². The second kappa shape index (κ2) is 5.10. The van der Waals surface area contributed by atoms with Crippen LogP contribution in [0.4, 0.5) is 0 Å². The van der Waals surface area contributed by atoms with Gasteiger partial charge in [0.2, 0.25) is 0 Å². The molecule has 2 fully saturated rings. The van der Waals surface area contributed by atoms with Gasteiger partial charge in [0, 0.05) is 13.2 Å². The Labute approximate surface area is 85.4 Å². The molecular weight excluding hydrogens is 180 g/mol. The molecule has 1 N–H and O–H groups in total. The van der Waals surface area contributed by atoms with Gasteiger partial charge < -0.3 is 14.6 Å². The quantitative estimate of drug-likeness (QED) is 0.747. The maximum absolute atomic E-state index is 9.00. The summed E-state index contributed by atoms with van der Waals surface area (Å²) in [5.74, 6) is 0.523. The summed E-state index contributed by atoms with van der Waals surface area (Å²) in [4.78, 5) is 0. The van der Waals surface area contributed by atoms with Crippen LogP contribution >= 0.6 is 0 Å². The molecule has 0 amide bonds. The van der Waals surface area contributed by atoms with E-state index in [-0.39, 0.29) is 0 Å². The third-order valence-electron chi connectivity index (χ3n) is 3.32. The number of ether oxygens (including phenoxy) is 2. The molecule has 3 nitrogen and oxygen atoms in total. The van der Waals surface area contributed by atoms with Crippen molar-refractivity contribution in [3.8, 4) is 0 Å². The average Bonchev–Trinajstić information content (AvgIpc) is 2.72. The molecule has 1 aliphatic heterocycles. The zero-order valence-corrected chi connectivity index (χ0v) is 8.65. The monoisotopic (exact) mass is 200 g/mol. The first-order valence-electron chi connectivity index (χ1n) is 5.72. The molecule has 0 aromatic carbocycles. The van der Waals surface area contributed by atoms with E-state index in [4.69, 9.17) is 14.6 Å². The van der Waals surface area contributed by atoms with Crippen molar-refractivity contribution in [2.45, 2.75) is 44.3 Å². The molecular formula is C11H20O3. The molecule has 1 aliphatic carbocycles. The molecule has 0 radical (unpaired) electrons. The normalized spacial score (nSPS) is 38.8. The first kappa shape index (κ1) is 10.4. The first-order valence-corrected chi connectivity index (χ1v) is 5.72. The summed E-state index contributed by atoms with van der Waals surface area (Å²) in [5.41, 5.74) is 0. The predicted octanol–water partition coefficient (Wildman–Crippen LogP) is 1.34. The molecule has 1 unspecified atom stereocenters. The zero-order valence-electron chi connectivity index (χ0n) is 8.65. The molecule has 14 heavy (non-hydrogen) atoms. The molecule has 1 heterocycles. The van der Waals surface area contributed by atoms with Crippen LogP contribution in [-0.4, -0.2) is 37.1 Å². The summed E-state index contributed by atoms with van der Waals surface area (Å²) in [5, 5.41) is 9.00. The van der Waals surface area contributed by atoms with E-state index in [0.717, 1.165) is 45.3 Å². The SMILES string of the molecule is OCC1CCC(OC2CCOC2)CC1. The van der Waals surface area contributed by atoms with E-state index in [9.17, 15) is 0 Å². The fraction of sp³-hybridized carbons (Fsp3) is 1.00. The Balaban J connectivity index is 1.67. The Kier molecular flexibility index (Phi) is 3.79. The fourth-order valence-electron chi connectivity index (χ4n) is 2.34. The van der Waals surface area contributed by atoms with Crippen molar-refractivity contribution in [1.29, 1.82) is 0 Å². The van der Waals surface area contributed by atoms with Crippen molar-refractivity contribution in [3.63, 3.8) is 0 Å². The highest BCUT2D eigenvalue weighted by atomic mass is 16.5. The van der Waals surface area contributed by atoms with E-state index < -0.39 is 0 Å². The second-order valence-electron chi connectivity index (χ2n) is 4.45. The maximum Gasteiger partial charge on any atom is 0.0834 e. The lowest BCUT2D eigenvalue weighted by Gasteiger charge is -2.29. The van der Waals surface area contributed by atoms with Gasteiger partial charge in [-0.15, -0.1) is 0 Å². The number of hydrogen-bond donors (Lipinski definition) is 1. The minimum atomic E-state index is 0.339. The van der Waals surface area contributed by atoms with Crippen molar-refractivity contribution in [1.82, 2.24) is 0 Å². The van der Waals surface area contributed by atoms with Gasteiger partial charge in [-0.3, -0.25) is 0 Å². The summed E-state index contributed by atoms with van der Waals surface area (Å²) in [6, 6.07) is 0. The van der Waals surface area contributed by atoms with Crippen molar-refractivity contribution in [3.05, 3.63) is 0 Å². The molecule has 82 valence electrons. The van der Waals surface area contributed by atoms with Crippen LogP contribution in [0.15, 0.2) is 0 Å². The van der Waals surface area contributed by atoms with Gasteiger partial charge in [0.25, 0.3) is 0 Å². The Morgan fingerprint density at radius 1 is 1.07 bits per heavy atom. The second-order valence-corrected chi connectivity index (χ2v) is 4.45. The van der Waals surface area contributed by atoms with Crippen molar-refractivity contribution in [2.75, 3.05) is 19.8 Å². The molecule has 0 aromatic heterocycles. The van der Waals surface area contributed by atoms with Gasteiger partial charge in [-0.05, 0) is 38.0 Å². The van der Waals surface area contributed by atoms with Crippen LogP contribution < -0.4 is 0 Å². The summed E-state index contributed by atoms with van der Waals surface area (Å²) < 4.78 is 11.2. The van der Waals surface area contributed by atoms with Crippen molar-refractivity contribution >= 4 is 0 Å². The van der Waals surface area contributed by atoms with Crippen molar-refractivity contribution in [2.24, 2.45) is 5.92 Å². The Bertz CT molecular complexity index is 158. The van der Waals surface area contributed by atoms with Crippen LogP contribution in [0.1, 0.15) is 32.1 Å². The molecule has 2 rings (SSSR count). The van der Waals surface area contributed by atoms with Crippen molar-refractivity contribution < 1.29 is 14.6 Å². The van der Waals surface area contributed by atoms with E-state index in [2.05, 4.69) is 0 Å². The van der Waals surface area contributed by atoms with Crippen LogP contribution in [-0.2, 0) is 9.47 Å². The van der Waals surface area contributed by atoms with Crippen LogP contribution in [0.3, 0.4) is 0 Å². The lowest BCUT2D eigenvalue weighted by Crippen LogP contribution is -2.28. The predicted molar refractivity (Wildman–Crippen MR) is 53.1 cm³/mol. The average molecular weight is 200 g/mol. The Morgan fingerprint density at radius 3 is 2.43 bits per heavy atom. The summed E-state index contributed by atoms with van der Waals surface area (Å²) in [7, 11) is 0. The molecule has 0 spiro atoms. The number of rotatable bonds is 3. The number of aliphatic hydroxyl groups is 1. The Hall–Kier alpha value is -0.120. The first-order chi connectivity index (χ1) is 6.88. The highest BCUT2D eigenvalue weighted by Gasteiger charge is 2.25.